The summed E-state index contributed by atoms with van der Waals surface area (Å²) >= 11 is 0. The molecular weight excluding hydrogens is 216 g/mol. The molecule has 0 aromatic carbocycles. The molecule has 4 heteroatoms. The first-order valence-corrected chi connectivity index (χ1v) is 6.09. The molecule has 0 saturated carbocycles. The van der Waals surface area contributed by atoms with E-state index in [0.29, 0.717) is 5.56 Å². The lowest BCUT2D eigenvalue weighted by Crippen LogP contribution is -2.39. The van der Waals surface area contributed by atoms with E-state index in [2.05, 4.69) is 4.98 Å². The predicted molar refractivity (Wildman–Crippen MR) is 66.3 cm³/mol. The molecule has 17 heavy (non-hydrogen) atoms. The molecule has 2 heterocycles. The van der Waals surface area contributed by atoms with Gasteiger partial charge < -0.3 is 9.88 Å². The summed E-state index contributed by atoms with van der Waals surface area (Å²) in [6.07, 6.45) is 3.25. The van der Waals surface area contributed by atoms with Gasteiger partial charge in [0.05, 0.1) is 0 Å². The molecule has 1 aliphatic heterocycles. The fraction of sp³-hybridized carbons (Fsp3) is 0.538. The molecule has 1 aromatic heterocycles. The maximum atomic E-state index is 12.3. The van der Waals surface area contributed by atoms with Crippen LogP contribution in [-0.2, 0) is 0 Å². The number of carbonyl (C=O) groups excluding carboxylic acids is 1. The molecule has 1 N–H and O–H groups in total. The van der Waals surface area contributed by atoms with Crippen LogP contribution < -0.4 is 5.56 Å². The fourth-order valence-corrected chi connectivity index (χ4v) is 2.37. The van der Waals surface area contributed by atoms with Gasteiger partial charge in [-0.2, -0.15) is 0 Å². The molecule has 0 radical (unpaired) electrons. The third-order valence-corrected chi connectivity index (χ3v) is 3.22. The Balaban J connectivity index is 2.33. The Morgan fingerprint density at radius 1 is 1.24 bits per heavy atom. The van der Waals surface area contributed by atoms with Crippen LogP contribution in [0.1, 0.15) is 40.9 Å². The van der Waals surface area contributed by atoms with Gasteiger partial charge in [0.15, 0.2) is 0 Å². The minimum absolute atomic E-state index is 0.122. The molecular formula is C13H18N2O2. The van der Waals surface area contributed by atoms with Gasteiger partial charge in [0.2, 0.25) is 0 Å². The molecule has 2 rings (SSSR count). The molecule has 0 aliphatic carbocycles. The van der Waals surface area contributed by atoms with Crippen molar-refractivity contribution in [3.63, 3.8) is 0 Å². The van der Waals surface area contributed by atoms with Crippen LogP contribution in [0.5, 0.6) is 0 Å². The van der Waals surface area contributed by atoms with Crippen LogP contribution in [0.2, 0.25) is 0 Å². The summed E-state index contributed by atoms with van der Waals surface area (Å²) in [6.45, 7) is 5.18. The number of nitrogens with zero attached hydrogens (tertiary/aromatic N) is 1. The zero-order chi connectivity index (χ0) is 12.4. The van der Waals surface area contributed by atoms with Crippen molar-refractivity contribution in [2.24, 2.45) is 0 Å². The lowest BCUT2D eigenvalue weighted by molar-refractivity contribution is 0.0721. The largest absolute Gasteiger partial charge is 0.338 e. The van der Waals surface area contributed by atoms with Crippen molar-refractivity contribution in [1.29, 1.82) is 0 Å². The standard InChI is InChI=1S/C13H18N2O2/c1-9-8-10(2)14-12(16)11(9)13(17)15-6-4-3-5-7-15/h8H,3-7H2,1-2H3,(H,14,16). The Morgan fingerprint density at radius 2 is 1.88 bits per heavy atom. The van der Waals surface area contributed by atoms with E-state index in [9.17, 15) is 9.59 Å². The van der Waals surface area contributed by atoms with Crippen LogP contribution in [0.15, 0.2) is 10.9 Å². The highest BCUT2D eigenvalue weighted by Crippen LogP contribution is 2.13. The van der Waals surface area contributed by atoms with Crippen LogP contribution in [0.4, 0.5) is 0 Å². The molecule has 0 bridgehead atoms. The summed E-state index contributed by atoms with van der Waals surface area (Å²) in [5.74, 6) is -0.122. The average molecular weight is 234 g/mol. The zero-order valence-corrected chi connectivity index (χ0v) is 10.4. The summed E-state index contributed by atoms with van der Waals surface area (Å²) in [4.78, 5) is 28.6. The van der Waals surface area contributed by atoms with Gasteiger partial charge in [-0.15, -0.1) is 0 Å². The molecule has 0 atom stereocenters. The molecule has 1 fully saturated rings. The van der Waals surface area contributed by atoms with Crippen molar-refractivity contribution in [1.82, 2.24) is 9.88 Å². The second kappa shape index (κ2) is 4.73. The topological polar surface area (TPSA) is 53.2 Å². The second-order valence-corrected chi connectivity index (χ2v) is 4.69. The smallest absolute Gasteiger partial charge is 0.261 e. The van der Waals surface area contributed by atoms with Gasteiger partial charge in [-0.25, -0.2) is 0 Å². The van der Waals surface area contributed by atoms with Gasteiger partial charge in [-0.1, -0.05) is 0 Å². The number of amides is 1. The lowest BCUT2D eigenvalue weighted by Gasteiger charge is -2.26. The van der Waals surface area contributed by atoms with Crippen molar-refractivity contribution < 1.29 is 4.79 Å². The number of aromatic nitrogens is 1. The molecule has 0 spiro atoms. The van der Waals surface area contributed by atoms with Crippen molar-refractivity contribution in [2.75, 3.05) is 13.1 Å². The normalized spacial score (nSPS) is 16.0. The summed E-state index contributed by atoms with van der Waals surface area (Å²) in [5, 5.41) is 0. The molecule has 1 saturated heterocycles. The number of carbonyl (C=O) groups is 1. The Morgan fingerprint density at radius 3 is 2.47 bits per heavy atom. The van der Waals surface area contributed by atoms with E-state index < -0.39 is 0 Å². The fourth-order valence-electron chi connectivity index (χ4n) is 2.37. The van der Waals surface area contributed by atoms with E-state index in [1.165, 1.54) is 6.42 Å². The van der Waals surface area contributed by atoms with Crippen LogP contribution in [0, 0.1) is 13.8 Å². The minimum Gasteiger partial charge on any atom is -0.338 e. The minimum atomic E-state index is -0.266. The first-order valence-electron chi connectivity index (χ1n) is 6.09. The highest BCUT2D eigenvalue weighted by molar-refractivity contribution is 5.95. The predicted octanol–water partition coefficient (Wildman–Crippen LogP) is 1.62. The maximum Gasteiger partial charge on any atom is 0.261 e. The molecule has 92 valence electrons. The Hall–Kier alpha value is -1.58. The van der Waals surface area contributed by atoms with E-state index in [-0.39, 0.29) is 11.5 Å². The molecule has 0 unspecified atom stereocenters. The van der Waals surface area contributed by atoms with Gasteiger partial charge in [-0.05, 0) is 44.7 Å². The first kappa shape index (κ1) is 11.9. The summed E-state index contributed by atoms with van der Waals surface area (Å²) < 4.78 is 0. The number of pyridine rings is 1. The SMILES string of the molecule is Cc1cc(C)c(C(=O)N2CCCCC2)c(=O)[nH]1. The summed E-state index contributed by atoms with van der Waals surface area (Å²) in [7, 11) is 0. The second-order valence-electron chi connectivity index (χ2n) is 4.69. The molecule has 1 aromatic rings. The number of aromatic amines is 1. The van der Waals surface area contributed by atoms with Gasteiger partial charge in [0.1, 0.15) is 5.56 Å². The lowest BCUT2D eigenvalue weighted by atomic mass is 10.1. The highest BCUT2D eigenvalue weighted by atomic mass is 16.2. The van der Waals surface area contributed by atoms with Crippen LogP contribution in [-0.4, -0.2) is 28.9 Å². The molecule has 4 nitrogen and oxygen atoms in total. The van der Waals surface area contributed by atoms with Gasteiger partial charge >= 0.3 is 0 Å². The van der Waals surface area contributed by atoms with Gasteiger partial charge in [-0.3, -0.25) is 9.59 Å². The Kier molecular flexibility index (Phi) is 3.31. The zero-order valence-electron chi connectivity index (χ0n) is 10.4. The average Bonchev–Trinajstić information content (AvgIpc) is 2.28. The number of hydrogen-bond acceptors (Lipinski definition) is 2. The molecule has 1 amide bonds. The van der Waals surface area contributed by atoms with E-state index >= 15 is 0 Å². The Labute approximate surface area is 101 Å². The summed E-state index contributed by atoms with van der Waals surface area (Å²) in [6, 6.07) is 1.85. The van der Waals surface area contributed by atoms with Gasteiger partial charge in [0.25, 0.3) is 11.5 Å². The van der Waals surface area contributed by atoms with Gasteiger partial charge in [0, 0.05) is 18.8 Å². The van der Waals surface area contributed by atoms with E-state index in [1.807, 2.05) is 19.9 Å². The van der Waals surface area contributed by atoms with Crippen LogP contribution in [0.25, 0.3) is 0 Å². The maximum absolute atomic E-state index is 12.3. The number of piperidine rings is 1. The number of rotatable bonds is 1. The van der Waals surface area contributed by atoms with Crippen molar-refractivity contribution >= 4 is 5.91 Å². The number of hydrogen-bond donors (Lipinski definition) is 1. The quantitative estimate of drug-likeness (QED) is 0.802. The highest BCUT2D eigenvalue weighted by Gasteiger charge is 2.22. The third kappa shape index (κ3) is 2.40. The number of likely N-dealkylation sites (tertiary alicyclic amines) is 1. The van der Waals surface area contributed by atoms with Crippen molar-refractivity contribution in [2.45, 2.75) is 33.1 Å². The van der Waals surface area contributed by atoms with Crippen molar-refractivity contribution in [3.8, 4) is 0 Å². The number of nitrogens with one attached hydrogen (secondary N) is 1. The van der Waals surface area contributed by atoms with E-state index in [4.69, 9.17) is 0 Å². The van der Waals surface area contributed by atoms with Crippen LogP contribution >= 0.6 is 0 Å². The number of aryl methyl sites for hydroxylation is 2. The van der Waals surface area contributed by atoms with Crippen LogP contribution in [0.3, 0.4) is 0 Å². The first-order chi connectivity index (χ1) is 8.09. The van der Waals surface area contributed by atoms with E-state index in [1.54, 1.807) is 4.90 Å². The number of H-pyrrole nitrogens is 1. The molecule has 1 aliphatic rings. The van der Waals surface area contributed by atoms with E-state index in [0.717, 1.165) is 37.2 Å². The summed E-state index contributed by atoms with van der Waals surface area (Å²) in [5.41, 5.74) is 1.60. The third-order valence-electron chi connectivity index (χ3n) is 3.22. The Bertz CT molecular complexity index is 485. The van der Waals surface area contributed by atoms with Crippen molar-refractivity contribution in [3.05, 3.63) is 33.2 Å². The monoisotopic (exact) mass is 234 g/mol.